The van der Waals surface area contributed by atoms with Crippen LogP contribution in [0.3, 0.4) is 0 Å². The van der Waals surface area contributed by atoms with Crippen molar-refractivity contribution < 1.29 is 13.7 Å². The second-order valence-corrected chi connectivity index (χ2v) is 22.9. The van der Waals surface area contributed by atoms with Crippen molar-refractivity contribution in [3.63, 3.8) is 0 Å². The highest BCUT2D eigenvalue weighted by molar-refractivity contribution is 6.12. The summed E-state index contributed by atoms with van der Waals surface area (Å²) < 4.78 is 89.5. The number of aryl methyl sites for hydroxylation is 3. The molecule has 0 radical (unpaired) electrons. The molecule has 0 aliphatic rings. The molecule has 0 fully saturated rings. The highest BCUT2D eigenvalue weighted by Gasteiger charge is 2.18. The smallest absolute Gasteiger partial charge is 0.0645 e. The van der Waals surface area contributed by atoms with E-state index in [1.807, 2.05) is 111 Å². The molecule has 1 heterocycles. The largest absolute Gasteiger partial charge is 0.311 e. The van der Waals surface area contributed by atoms with Crippen molar-refractivity contribution in [3.8, 4) is 83.6 Å². The molecule has 15 rings (SSSR count). The van der Waals surface area contributed by atoms with Gasteiger partial charge in [0.15, 0.2) is 0 Å². The standard InChI is InChI=1S/C87H65N3/c1-60-14-20-63(21-15-60)68-34-46-79(47-35-68)88(77-10-6-4-7-11-77)81-50-38-71(39-51-81)66-26-30-73(31-27-66)75-44-56-86-84(58-75)85-59-76(45-57-87(85)90(86)83-54-42-70(43-55-83)65-24-18-62(3)19-25-65)74-32-28-67(29-33-74)72-40-52-82(53-41-72)89(78-12-8-5-9-13-78)80-48-36-69(37-49-80)64-22-16-61(2)17-23-64/h4-59H,1-3H3/i4D,5D,6D,7D,8D,9D,10D,11D,12D,13D. The molecule has 3 heteroatoms. The molecule has 0 spiro atoms. The zero-order valence-corrected chi connectivity index (χ0v) is 49.9. The maximum Gasteiger partial charge on any atom is 0.0645 e. The van der Waals surface area contributed by atoms with E-state index in [-0.39, 0.29) is 35.5 Å². The molecule has 1 aromatic heterocycles. The number of aromatic nitrogens is 1. The summed E-state index contributed by atoms with van der Waals surface area (Å²) in [5, 5.41) is 2.20. The molecule has 0 saturated heterocycles. The van der Waals surface area contributed by atoms with Crippen LogP contribution in [-0.4, -0.2) is 4.57 Å². The maximum absolute atomic E-state index is 9.02. The predicted octanol–water partition coefficient (Wildman–Crippen LogP) is 24.3. The second kappa shape index (κ2) is 24.0. The van der Waals surface area contributed by atoms with Crippen LogP contribution in [0.4, 0.5) is 34.1 Å². The maximum atomic E-state index is 9.02. The third-order valence-electron chi connectivity index (χ3n) is 17.1. The van der Waals surface area contributed by atoms with Gasteiger partial charge in [-0.05, 0) is 208 Å². The van der Waals surface area contributed by atoms with Gasteiger partial charge in [-0.25, -0.2) is 0 Å². The van der Waals surface area contributed by atoms with E-state index in [0.717, 1.165) is 117 Å². The number of benzene rings is 14. The Bertz CT molecular complexity index is 5240. The summed E-state index contributed by atoms with van der Waals surface area (Å²) in [5.41, 5.74) is 23.9. The monoisotopic (exact) mass is 1160 g/mol. The highest BCUT2D eigenvalue weighted by atomic mass is 15.1. The Morgan fingerprint density at radius 1 is 0.222 bits per heavy atom. The van der Waals surface area contributed by atoms with Crippen LogP contribution in [0.25, 0.3) is 105 Å². The fourth-order valence-electron chi connectivity index (χ4n) is 12.1. The lowest BCUT2D eigenvalue weighted by Gasteiger charge is -2.26. The number of nitrogens with zero attached hydrogens (tertiary/aromatic N) is 3. The average Bonchev–Trinajstić information content (AvgIpc) is 1.46. The Morgan fingerprint density at radius 2 is 0.433 bits per heavy atom. The van der Waals surface area contributed by atoms with Gasteiger partial charge >= 0.3 is 0 Å². The van der Waals surface area contributed by atoms with Crippen LogP contribution >= 0.6 is 0 Å². The Morgan fingerprint density at radius 3 is 0.700 bits per heavy atom. The lowest BCUT2D eigenvalue weighted by atomic mass is 9.97. The van der Waals surface area contributed by atoms with Crippen molar-refractivity contribution in [1.82, 2.24) is 4.57 Å². The molecule has 0 N–H and O–H groups in total. The fourth-order valence-corrected chi connectivity index (χ4v) is 12.1. The van der Waals surface area contributed by atoms with E-state index >= 15 is 0 Å². The Balaban J connectivity index is 0.747. The summed E-state index contributed by atoms with van der Waals surface area (Å²) in [6.45, 7) is 6.20. The van der Waals surface area contributed by atoms with Crippen LogP contribution in [0.5, 0.6) is 0 Å². The van der Waals surface area contributed by atoms with Gasteiger partial charge in [-0.1, -0.05) is 247 Å². The van der Waals surface area contributed by atoms with Gasteiger partial charge in [-0.3, -0.25) is 0 Å². The van der Waals surface area contributed by atoms with Gasteiger partial charge in [0.1, 0.15) is 0 Å². The summed E-state index contributed by atoms with van der Waals surface area (Å²) in [4.78, 5) is 3.48. The topological polar surface area (TPSA) is 11.4 Å². The molecule has 0 aliphatic heterocycles. The number of rotatable bonds is 14. The van der Waals surface area contributed by atoms with E-state index < -0.39 is 36.3 Å². The van der Waals surface area contributed by atoms with Crippen LogP contribution in [-0.2, 0) is 0 Å². The first-order chi connectivity index (χ1) is 48.4. The van der Waals surface area contributed by atoms with Gasteiger partial charge in [0.05, 0.1) is 24.7 Å². The highest BCUT2D eigenvalue weighted by Crippen LogP contribution is 2.42. The normalized spacial score (nSPS) is 12.8. The van der Waals surface area contributed by atoms with E-state index in [1.54, 1.807) is 9.80 Å². The number of para-hydroxylation sites is 2. The zero-order chi connectivity index (χ0) is 69.2. The quantitative estimate of drug-likeness (QED) is 0.108. The summed E-state index contributed by atoms with van der Waals surface area (Å²) >= 11 is 0. The minimum atomic E-state index is -0.446. The average molecular weight is 1160 g/mol. The van der Waals surface area contributed by atoms with Crippen LogP contribution in [0, 0.1) is 20.8 Å². The second-order valence-electron chi connectivity index (χ2n) is 22.9. The van der Waals surface area contributed by atoms with Gasteiger partial charge in [0.2, 0.25) is 0 Å². The van der Waals surface area contributed by atoms with Gasteiger partial charge in [-0.2, -0.15) is 0 Å². The lowest BCUT2D eigenvalue weighted by molar-refractivity contribution is 1.18. The van der Waals surface area contributed by atoms with E-state index in [4.69, 9.17) is 13.7 Å². The van der Waals surface area contributed by atoms with Crippen LogP contribution in [0.1, 0.15) is 30.4 Å². The van der Waals surface area contributed by atoms with Crippen molar-refractivity contribution in [2.75, 3.05) is 9.80 Å². The minimum absolute atomic E-state index is 0.0654. The minimum Gasteiger partial charge on any atom is -0.311 e. The summed E-state index contributed by atoms with van der Waals surface area (Å²) in [7, 11) is 0. The summed E-state index contributed by atoms with van der Waals surface area (Å²) in [6.07, 6.45) is 0. The van der Waals surface area contributed by atoms with Gasteiger partial charge in [-0.15, -0.1) is 0 Å². The lowest BCUT2D eigenvalue weighted by Crippen LogP contribution is -2.09. The van der Waals surface area contributed by atoms with E-state index in [9.17, 15) is 0 Å². The Labute approximate surface area is 542 Å². The van der Waals surface area contributed by atoms with Crippen molar-refractivity contribution in [3.05, 3.63) is 356 Å². The van der Waals surface area contributed by atoms with Crippen LogP contribution < -0.4 is 9.80 Å². The van der Waals surface area contributed by atoms with Crippen LogP contribution in [0.2, 0.25) is 0 Å². The van der Waals surface area contributed by atoms with Gasteiger partial charge in [0.25, 0.3) is 0 Å². The molecule has 0 aliphatic carbocycles. The first-order valence-electron chi connectivity index (χ1n) is 35.2. The van der Waals surface area contributed by atoms with Gasteiger partial charge < -0.3 is 14.4 Å². The third-order valence-corrected chi connectivity index (χ3v) is 17.1. The third kappa shape index (κ3) is 11.1. The molecule has 0 amide bonds. The van der Waals surface area contributed by atoms with E-state index in [2.05, 4.69) is 193 Å². The molecule has 15 aromatic rings. The molecule has 0 bridgehead atoms. The van der Waals surface area contributed by atoms with E-state index in [1.165, 1.54) is 5.56 Å². The fraction of sp³-hybridized carbons (Fsp3) is 0.0345. The Kier molecular flexibility index (Phi) is 12.0. The number of hydrogen-bond acceptors (Lipinski definition) is 2. The van der Waals surface area contributed by atoms with Crippen molar-refractivity contribution in [2.24, 2.45) is 0 Å². The van der Waals surface area contributed by atoms with Crippen LogP contribution in [0.15, 0.2) is 339 Å². The Hall–Kier alpha value is -11.5. The number of anilines is 6. The number of fused-ring (bicyclic) bond motifs is 3. The van der Waals surface area contributed by atoms with Crippen molar-refractivity contribution in [1.29, 1.82) is 0 Å². The number of hydrogen-bond donors (Lipinski definition) is 0. The molecule has 3 nitrogen and oxygen atoms in total. The molecule has 0 atom stereocenters. The molecular weight excluding hydrogens is 1090 g/mol. The molecule has 428 valence electrons. The summed E-state index contributed by atoms with van der Waals surface area (Å²) in [6, 6.07) is 92.1. The molecule has 0 saturated carbocycles. The van der Waals surface area contributed by atoms with Crippen molar-refractivity contribution >= 4 is 55.9 Å². The summed E-state index contributed by atoms with van der Waals surface area (Å²) in [5.74, 6) is 0. The molecule has 0 unspecified atom stereocenters. The van der Waals surface area contributed by atoms with Gasteiger partial charge in [0, 0.05) is 50.6 Å². The zero-order valence-electron chi connectivity index (χ0n) is 59.9. The molecule has 90 heavy (non-hydrogen) atoms. The molecular formula is C87H65N3. The SMILES string of the molecule is [2H]c1c([2H])c([2H])c(N(c2ccc(-c3ccc(C)cc3)cc2)c2ccc(-c3ccc(-c4ccc5c(c4)c4cc(-c6ccc(-c7ccc(N(c8ccc(-c9ccc(C)cc9)cc8)c8c([2H])c([2H])c([2H])c([2H])c8[2H])cc7)cc6)ccc4n5-c4ccc(-c5ccc(C)cc5)cc4)cc3)cc2)c([2H])c1[2H]. The molecule has 14 aromatic carbocycles. The predicted molar refractivity (Wildman–Crippen MR) is 382 cm³/mol. The first-order valence-corrected chi connectivity index (χ1v) is 30.2. The van der Waals surface area contributed by atoms with Crippen molar-refractivity contribution in [2.45, 2.75) is 20.8 Å². The first kappa shape index (κ1) is 44.9. The van der Waals surface area contributed by atoms with E-state index in [0.29, 0.717) is 22.7 Å².